The van der Waals surface area contributed by atoms with Gasteiger partial charge in [-0.05, 0) is 19.5 Å². The first-order valence-corrected chi connectivity index (χ1v) is 9.12. The minimum atomic E-state index is 0.645. The van der Waals surface area contributed by atoms with E-state index in [1.807, 2.05) is 0 Å². The number of thiocarbonyl (C=S) groups is 1. The third-order valence-corrected chi connectivity index (χ3v) is 4.15. The summed E-state index contributed by atoms with van der Waals surface area (Å²) in [5.74, 6) is 0. The molecule has 0 aromatic carbocycles. The molecule has 0 amide bonds. The maximum atomic E-state index is 5.55. The molecule has 0 radical (unpaired) electrons. The fraction of sp³-hybridized carbons (Fsp3) is 0.941. The molecule has 0 aliphatic heterocycles. The highest BCUT2D eigenvalue weighted by atomic mass is 32.1. The molecule has 0 rings (SSSR count). The molecule has 0 atom stereocenters. The molecular formula is C17H36N2S. The van der Waals surface area contributed by atoms with Crippen LogP contribution in [0, 0.1) is 0 Å². The van der Waals surface area contributed by atoms with E-state index in [0.717, 1.165) is 19.5 Å². The normalized spacial score (nSPS) is 11.2. The molecule has 0 spiro atoms. The molecule has 3 heteroatoms. The third kappa shape index (κ3) is 14.3. The molecule has 0 aliphatic rings. The van der Waals surface area contributed by atoms with Crippen molar-refractivity contribution in [3.63, 3.8) is 0 Å². The van der Waals surface area contributed by atoms with Crippen LogP contribution in [0.3, 0.4) is 0 Å². The average Bonchev–Trinajstić information content (AvgIpc) is 2.44. The van der Waals surface area contributed by atoms with Crippen LogP contribution in [-0.4, -0.2) is 29.5 Å². The largest absolute Gasteiger partial charge is 0.393 e. The van der Waals surface area contributed by atoms with E-state index in [2.05, 4.69) is 18.7 Å². The Balaban J connectivity index is 3.26. The number of nitrogens with two attached hydrogens (primary N) is 1. The molecule has 0 heterocycles. The van der Waals surface area contributed by atoms with Gasteiger partial charge in [0.05, 0.1) is 4.99 Å². The summed E-state index contributed by atoms with van der Waals surface area (Å²) in [7, 11) is 0. The second kappa shape index (κ2) is 15.2. The summed E-state index contributed by atoms with van der Waals surface area (Å²) < 4.78 is 0. The summed E-state index contributed by atoms with van der Waals surface area (Å²) in [5, 5.41) is 0. The second-order valence-electron chi connectivity index (χ2n) is 5.83. The Bertz CT molecular complexity index is 219. The van der Waals surface area contributed by atoms with Crippen molar-refractivity contribution >= 4 is 17.2 Å². The van der Waals surface area contributed by atoms with Crippen LogP contribution in [0.2, 0.25) is 0 Å². The molecule has 2 nitrogen and oxygen atoms in total. The number of nitrogens with zero attached hydrogens (tertiary/aromatic N) is 1. The lowest BCUT2D eigenvalue weighted by Crippen LogP contribution is -2.28. The first-order valence-electron chi connectivity index (χ1n) is 8.71. The monoisotopic (exact) mass is 300 g/mol. The van der Waals surface area contributed by atoms with Gasteiger partial charge in [0.25, 0.3) is 0 Å². The Morgan fingerprint density at radius 3 is 1.75 bits per heavy atom. The molecule has 2 N–H and O–H groups in total. The minimum absolute atomic E-state index is 0.645. The maximum absolute atomic E-state index is 5.55. The van der Waals surface area contributed by atoms with Crippen LogP contribution in [0.25, 0.3) is 0 Å². The van der Waals surface area contributed by atoms with Crippen molar-refractivity contribution in [3.8, 4) is 0 Å². The highest BCUT2D eigenvalue weighted by Crippen LogP contribution is 2.10. The molecule has 0 unspecified atom stereocenters. The lowest BCUT2D eigenvalue weighted by Gasteiger charge is -2.19. The van der Waals surface area contributed by atoms with E-state index in [1.54, 1.807) is 0 Å². The fourth-order valence-corrected chi connectivity index (χ4v) is 2.61. The van der Waals surface area contributed by atoms with Crippen molar-refractivity contribution in [3.05, 3.63) is 0 Å². The van der Waals surface area contributed by atoms with Gasteiger partial charge in [0.1, 0.15) is 0 Å². The van der Waals surface area contributed by atoms with Crippen molar-refractivity contribution in [1.29, 1.82) is 0 Å². The zero-order chi connectivity index (χ0) is 15.1. The van der Waals surface area contributed by atoms with E-state index in [0.29, 0.717) is 4.99 Å². The predicted molar refractivity (Wildman–Crippen MR) is 95.4 cm³/mol. The zero-order valence-electron chi connectivity index (χ0n) is 13.8. The molecule has 0 aromatic heterocycles. The summed E-state index contributed by atoms with van der Waals surface area (Å²) in [4.78, 5) is 3.11. The molecule has 0 saturated carbocycles. The van der Waals surface area contributed by atoms with Crippen LogP contribution in [0.1, 0.15) is 84.5 Å². The molecule has 0 bridgehead atoms. The topological polar surface area (TPSA) is 29.3 Å². The van der Waals surface area contributed by atoms with Crippen molar-refractivity contribution in [2.75, 3.05) is 19.6 Å². The lowest BCUT2D eigenvalue weighted by atomic mass is 10.1. The minimum Gasteiger partial charge on any atom is -0.393 e. The van der Waals surface area contributed by atoms with Gasteiger partial charge in [0.2, 0.25) is 0 Å². The maximum Gasteiger partial charge on any atom is 0.0740 e. The lowest BCUT2D eigenvalue weighted by molar-refractivity contribution is 0.288. The van der Waals surface area contributed by atoms with Gasteiger partial charge in [0, 0.05) is 13.0 Å². The number of hydrogen-bond donors (Lipinski definition) is 1. The fourth-order valence-electron chi connectivity index (χ4n) is 2.52. The molecule has 20 heavy (non-hydrogen) atoms. The zero-order valence-corrected chi connectivity index (χ0v) is 14.6. The van der Waals surface area contributed by atoms with Crippen LogP contribution < -0.4 is 5.73 Å². The van der Waals surface area contributed by atoms with Gasteiger partial charge in [0.15, 0.2) is 0 Å². The Morgan fingerprint density at radius 2 is 1.30 bits per heavy atom. The van der Waals surface area contributed by atoms with Crippen LogP contribution in [-0.2, 0) is 0 Å². The van der Waals surface area contributed by atoms with Crippen LogP contribution in [0.5, 0.6) is 0 Å². The van der Waals surface area contributed by atoms with Crippen molar-refractivity contribution in [1.82, 2.24) is 4.90 Å². The van der Waals surface area contributed by atoms with E-state index in [1.165, 1.54) is 70.8 Å². The van der Waals surface area contributed by atoms with E-state index in [-0.39, 0.29) is 0 Å². The number of hydrogen-bond acceptors (Lipinski definition) is 2. The van der Waals surface area contributed by atoms with Gasteiger partial charge in [-0.3, -0.25) is 0 Å². The number of unbranched alkanes of at least 4 members (excludes halogenated alkanes) is 9. The Morgan fingerprint density at radius 1 is 0.800 bits per heavy atom. The van der Waals surface area contributed by atoms with Crippen LogP contribution >= 0.6 is 12.2 Å². The summed E-state index contributed by atoms with van der Waals surface area (Å²) >= 11 is 4.93. The van der Waals surface area contributed by atoms with Gasteiger partial charge in [-0.2, -0.15) is 0 Å². The molecule has 0 saturated heterocycles. The van der Waals surface area contributed by atoms with Gasteiger partial charge in [-0.25, -0.2) is 0 Å². The van der Waals surface area contributed by atoms with Crippen LogP contribution in [0.4, 0.5) is 0 Å². The Kier molecular flexibility index (Phi) is 15.1. The van der Waals surface area contributed by atoms with Gasteiger partial charge in [-0.1, -0.05) is 83.9 Å². The highest BCUT2D eigenvalue weighted by Gasteiger charge is 2.02. The van der Waals surface area contributed by atoms with E-state index >= 15 is 0 Å². The van der Waals surface area contributed by atoms with E-state index < -0.39 is 0 Å². The smallest absolute Gasteiger partial charge is 0.0740 e. The van der Waals surface area contributed by atoms with Gasteiger partial charge in [-0.15, -0.1) is 0 Å². The molecule has 120 valence electrons. The SMILES string of the molecule is CCCCCCCCCCCCN(CC)CCC(N)=S. The molecule has 0 aromatic rings. The predicted octanol–water partition coefficient (Wildman–Crippen LogP) is 4.91. The van der Waals surface area contributed by atoms with Crippen molar-refractivity contribution in [2.45, 2.75) is 84.5 Å². The summed E-state index contributed by atoms with van der Waals surface area (Å²) in [6, 6.07) is 0. The van der Waals surface area contributed by atoms with E-state index in [9.17, 15) is 0 Å². The molecule has 0 fully saturated rings. The summed E-state index contributed by atoms with van der Waals surface area (Å²) in [6.07, 6.45) is 14.9. The Hall–Kier alpha value is -0.150. The average molecular weight is 301 g/mol. The second-order valence-corrected chi connectivity index (χ2v) is 6.36. The van der Waals surface area contributed by atoms with Gasteiger partial charge < -0.3 is 10.6 Å². The van der Waals surface area contributed by atoms with Crippen molar-refractivity contribution < 1.29 is 0 Å². The first kappa shape index (κ1) is 19.9. The standard InChI is InChI=1S/C17H36N2S/c1-3-5-6-7-8-9-10-11-12-13-15-19(4-2)16-14-17(18)20/h3-16H2,1-2H3,(H2,18,20). The van der Waals surface area contributed by atoms with E-state index in [4.69, 9.17) is 18.0 Å². The summed E-state index contributed by atoms with van der Waals surface area (Å²) in [5.41, 5.74) is 5.55. The van der Waals surface area contributed by atoms with Gasteiger partial charge >= 0.3 is 0 Å². The first-order chi connectivity index (χ1) is 9.70. The molecule has 0 aliphatic carbocycles. The number of rotatable bonds is 15. The third-order valence-electron chi connectivity index (χ3n) is 3.95. The summed E-state index contributed by atoms with van der Waals surface area (Å²) in [6.45, 7) is 7.84. The van der Waals surface area contributed by atoms with Crippen LogP contribution in [0.15, 0.2) is 0 Å². The quantitative estimate of drug-likeness (QED) is 0.344. The van der Waals surface area contributed by atoms with Crippen molar-refractivity contribution in [2.24, 2.45) is 5.73 Å². The Labute approximate surface area is 132 Å². The molecular weight excluding hydrogens is 264 g/mol. The highest BCUT2D eigenvalue weighted by molar-refractivity contribution is 7.80.